The average Bonchev–Trinajstić information content (AvgIpc) is 2.71. The molecule has 0 saturated heterocycles. The number of nitriles is 1. The Morgan fingerprint density at radius 2 is 1.93 bits per heavy atom. The quantitative estimate of drug-likeness (QED) is 0.745. The molecule has 0 saturated carbocycles. The number of nitrogens with zero attached hydrogens (tertiary/aromatic N) is 2. The summed E-state index contributed by atoms with van der Waals surface area (Å²) in [6.45, 7) is 5.00. The molecule has 7 heteroatoms. The van der Waals surface area contributed by atoms with Crippen molar-refractivity contribution < 1.29 is 19.1 Å². The largest absolute Gasteiger partial charge is 0.465 e. The molecule has 0 spiro atoms. The van der Waals surface area contributed by atoms with Crippen LogP contribution >= 0.6 is 0 Å². The van der Waals surface area contributed by atoms with Crippen LogP contribution in [-0.4, -0.2) is 44.0 Å². The van der Waals surface area contributed by atoms with E-state index in [1.165, 1.54) is 7.11 Å². The van der Waals surface area contributed by atoms with Crippen molar-refractivity contribution in [2.45, 2.75) is 32.6 Å². The number of carbonyl (C=O) groups excluding carboxylic acids is 2. The van der Waals surface area contributed by atoms with Gasteiger partial charge in [0.15, 0.2) is 5.78 Å². The maximum absolute atomic E-state index is 13.3. The number of allylic oxidation sites excluding steroid dienone is 3. The fourth-order valence-electron chi connectivity index (χ4n) is 4.28. The van der Waals surface area contributed by atoms with Crippen LogP contribution in [0.4, 0.5) is 0 Å². The molecule has 1 aliphatic heterocycles. The van der Waals surface area contributed by atoms with Crippen LogP contribution in [-0.2, 0) is 14.3 Å². The Labute approximate surface area is 176 Å². The summed E-state index contributed by atoms with van der Waals surface area (Å²) in [5, 5.41) is 9.94. The highest BCUT2D eigenvalue weighted by Gasteiger charge is 2.44. The summed E-state index contributed by atoms with van der Waals surface area (Å²) in [5.74, 6) is -0.632. The Morgan fingerprint density at radius 3 is 2.50 bits per heavy atom. The van der Waals surface area contributed by atoms with Crippen LogP contribution in [0.15, 0.2) is 46.9 Å². The number of nitrogens with two attached hydrogens (primary N) is 1. The second kappa shape index (κ2) is 8.33. The summed E-state index contributed by atoms with van der Waals surface area (Å²) in [6.07, 6.45) is 1.08. The molecule has 0 bridgehead atoms. The third-order valence-electron chi connectivity index (χ3n) is 5.67. The zero-order valence-electron chi connectivity index (χ0n) is 17.8. The van der Waals surface area contributed by atoms with E-state index in [1.807, 2.05) is 4.90 Å². The van der Waals surface area contributed by atoms with E-state index in [1.54, 1.807) is 31.4 Å². The van der Waals surface area contributed by atoms with E-state index >= 15 is 0 Å². The molecule has 2 aliphatic rings. The van der Waals surface area contributed by atoms with Gasteiger partial charge in [-0.05, 0) is 29.5 Å². The van der Waals surface area contributed by atoms with Crippen LogP contribution in [0.25, 0.3) is 0 Å². The van der Waals surface area contributed by atoms with E-state index in [2.05, 4.69) is 19.9 Å². The first-order valence-corrected chi connectivity index (χ1v) is 9.84. The van der Waals surface area contributed by atoms with Crippen LogP contribution in [0.1, 0.15) is 48.5 Å². The molecule has 1 atom stereocenters. The van der Waals surface area contributed by atoms with E-state index in [9.17, 15) is 14.9 Å². The number of ether oxygens (including phenoxy) is 2. The normalized spacial score (nSPS) is 20.7. The van der Waals surface area contributed by atoms with Gasteiger partial charge in [0.1, 0.15) is 5.82 Å². The molecule has 1 aromatic carbocycles. The first-order chi connectivity index (χ1) is 14.2. The van der Waals surface area contributed by atoms with Gasteiger partial charge in [0.05, 0.1) is 36.8 Å². The van der Waals surface area contributed by atoms with Crippen molar-refractivity contribution in [3.8, 4) is 6.07 Å². The first-order valence-electron chi connectivity index (χ1n) is 9.84. The molecule has 2 N–H and O–H groups in total. The predicted molar refractivity (Wildman–Crippen MR) is 111 cm³/mol. The van der Waals surface area contributed by atoms with Gasteiger partial charge < -0.3 is 20.1 Å². The number of hydrogen-bond acceptors (Lipinski definition) is 7. The van der Waals surface area contributed by atoms with Crippen LogP contribution in [0.5, 0.6) is 0 Å². The number of hydrogen-bond donors (Lipinski definition) is 1. The summed E-state index contributed by atoms with van der Waals surface area (Å²) in [7, 11) is 2.93. The second-order valence-electron chi connectivity index (χ2n) is 8.40. The van der Waals surface area contributed by atoms with Crippen molar-refractivity contribution in [2.24, 2.45) is 11.1 Å². The van der Waals surface area contributed by atoms with Gasteiger partial charge in [0.2, 0.25) is 0 Å². The van der Waals surface area contributed by atoms with Crippen LogP contribution < -0.4 is 5.73 Å². The van der Waals surface area contributed by atoms with Crippen molar-refractivity contribution >= 4 is 11.8 Å². The van der Waals surface area contributed by atoms with E-state index in [-0.39, 0.29) is 11.2 Å². The predicted octanol–water partition coefficient (Wildman–Crippen LogP) is 2.86. The zero-order valence-corrected chi connectivity index (χ0v) is 17.8. The fraction of sp³-hybridized carbons (Fsp3) is 0.435. The third kappa shape index (κ3) is 3.83. The van der Waals surface area contributed by atoms with E-state index in [0.717, 1.165) is 11.3 Å². The summed E-state index contributed by atoms with van der Waals surface area (Å²) in [4.78, 5) is 26.9. The number of methoxy groups -OCH3 is 2. The molecule has 3 rings (SSSR count). The van der Waals surface area contributed by atoms with Crippen LogP contribution in [0, 0.1) is 16.7 Å². The maximum atomic E-state index is 13.3. The first kappa shape index (κ1) is 21.6. The molecule has 1 aliphatic carbocycles. The summed E-state index contributed by atoms with van der Waals surface area (Å²) in [6, 6.07) is 9.01. The lowest BCUT2D eigenvalue weighted by Gasteiger charge is -2.43. The molecule has 0 radical (unpaired) electrons. The fourth-order valence-corrected chi connectivity index (χ4v) is 4.28. The molecular weight excluding hydrogens is 382 g/mol. The number of carbonyl (C=O) groups is 2. The maximum Gasteiger partial charge on any atom is 0.337 e. The van der Waals surface area contributed by atoms with E-state index < -0.39 is 11.9 Å². The Morgan fingerprint density at radius 1 is 1.27 bits per heavy atom. The molecule has 7 nitrogen and oxygen atoms in total. The lowest BCUT2D eigenvalue weighted by molar-refractivity contribution is -0.118. The highest BCUT2D eigenvalue weighted by molar-refractivity contribution is 6.00. The number of benzene rings is 1. The molecule has 158 valence electrons. The van der Waals surface area contributed by atoms with Gasteiger partial charge in [-0.3, -0.25) is 4.79 Å². The number of rotatable bonds is 5. The average molecular weight is 409 g/mol. The van der Waals surface area contributed by atoms with Gasteiger partial charge >= 0.3 is 5.97 Å². The zero-order chi connectivity index (χ0) is 22.1. The van der Waals surface area contributed by atoms with Gasteiger partial charge in [-0.15, -0.1) is 0 Å². The number of Topliss-reactive ketones (excluding diaryl/α,β-unsaturated/α-hetero) is 1. The molecule has 0 fully saturated rings. The van der Waals surface area contributed by atoms with Crippen molar-refractivity contribution in [3.05, 3.63) is 58.1 Å². The number of ketones is 1. The molecular formula is C23H27N3O4. The SMILES string of the molecule is COCCN1C(N)=C(C#N)[C@H](c2ccc(C(=O)OC)cc2)C2=C1CC(C)(C)CC2=O. The van der Waals surface area contributed by atoms with Gasteiger partial charge in [0.25, 0.3) is 0 Å². The van der Waals surface area contributed by atoms with Crippen LogP contribution in [0.2, 0.25) is 0 Å². The minimum absolute atomic E-state index is 0.0194. The molecule has 30 heavy (non-hydrogen) atoms. The minimum atomic E-state index is -0.556. The van der Waals surface area contributed by atoms with Crippen molar-refractivity contribution in [1.29, 1.82) is 5.26 Å². The Balaban J connectivity index is 2.16. The second-order valence-corrected chi connectivity index (χ2v) is 8.40. The summed E-state index contributed by atoms with van der Waals surface area (Å²) in [5.41, 5.74) is 9.20. The Hall–Kier alpha value is -3.11. The van der Waals surface area contributed by atoms with Gasteiger partial charge in [0, 0.05) is 31.3 Å². The summed E-state index contributed by atoms with van der Waals surface area (Å²) >= 11 is 0. The minimum Gasteiger partial charge on any atom is -0.465 e. The Bertz CT molecular complexity index is 967. The molecule has 0 amide bonds. The number of esters is 1. The van der Waals surface area contributed by atoms with Gasteiger partial charge in [-0.1, -0.05) is 26.0 Å². The van der Waals surface area contributed by atoms with Crippen LogP contribution in [0.3, 0.4) is 0 Å². The van der Waals surface area contributed by atoms with Gasteiger partial charge in [-0.25, -0.2) is 4.79 Å². The van der Waals surface area contributed by atoms with E-state index in [0.29, 0.717) is 48.5 Å². The monoisotopic (exact) mass is 409 g/mol. The molecule has 0 aromatic heterocycles. The lowest BCUT2D eigenvalue weighted by Crippen LogP contribution is -2.43. The Kier molecular flexibility index (Phi) is 5.99. The molecule has 1 heterocycles. The lowest BCUT2D eigenvalue weighted by atomic mass is 9.68. The molecule has 0 unspecified atom stereocenters. The highest BCUT2D eigenvalue weighted by atomic mass is 16.5. The van der Waals surface area contributed by atoms with Crippen molar-refractivity contribution in [3.63, 3.8) is 0 Å². The molecule has 1 aromatic rings. The van der Waals surface area contributed by atoms with E-state index in [4.69, 9.17) is 15.2 Å². The smallest absolute Gasteiger partial charge is 0.337 e. The standard InChI is InChI=1S/C23H27N3O4/c1-23(2)11-17-20(18(27)12-23)19(14-5-7-15(8-6-14)22(28)30-4)16(13-24)21(25)26(17)9-10-29-3/h5-8,19H,9-12,25H2,1-4H3/t19-/m0/s1. The summed E-state index contributed by atoms with van der Waals surface area (Å²) < 4.78 is 9.98. The van der Waals surface area contributed by atoms with Gasteiger partial charge in [-0.2, -0.15) is 5.26 Å². The van der Waals surface area contributed by atoms with Crippen molar-refractivity contribution in [1.82, 2.24) is 4.90 Å². The third-order valence-corrected chi connectivity index (χ3v) is 5.67. The highest BCUT2D eigenvalue weighted by Crippen LogP contribution is 2.48. The van der Waals surface area contributed by atoms with Crippen molar-refractivity contribution in [2.75, 3.05) is 27.4 Å². The topological polar surface area (TPSA) is 106 Å².